The number of fused-ring (bicyclic) bond motifs is 9. The van der Waals surface area contributed by atoms with E-state index in [1.165, 1.54) is 50.6 Å². The maximum absolute atomic E-state index is 13.5. The predicted octanol–water partition coefficient (Wildman–Crippen LogP) is 11.5. The molecule has 0 amide bonds. The molecule has 3 aromatic rings. The second kappa shape index (κ2) is 13.6. The van der Waals surface area contributed by atoms with E-state index >= 15 is 0 Å². The first-order valence-electron chi connectivity index (χ1n) is 18.9. The van der Waals surface area contributed by atoms with E-state index in [1.807, 2.05) is 0 Å². The van der Waals surface area contributed by atoms with Gasteiger partial charge in [-0.2, -0.15) is 8.78 Å². The van der Waals surface area contributed by atoms with Crippen LogP contribution in [-0.4, -0.2) is 18.2 Å². The van der Waals surface area contributed by atoms with Gasteiger partial charge in [0.25, 0.3) is 0 Å². The molecule has 7 unspecified atom stereocenters. The van der Waals surface area contributed by atoms with Crippen molar-refractivity contribution in [1.82, 2.24) is 0 Å². The number of rotatable bonds is 6. The maximum atomic E-state index is 13.5. The van der Waals surface area contributed by atoms with E-state index in [1.54, 1.807) is 0 Å². The summed E-state index contributed by atoms with van der Waals surface area (Å²) in [6.07, 6.45) is 4.72. The van der Waals surface area contributed by atoms with Gasteiger partial charge in [-0.25, -0.2) is 8.42 Å². The summed E-state index contributed by atoms with van der Waals surface area (Å²) >= 11 is 0. The molecule has 7 heteroatoms. The van der Waals surface area contributed by atoms with Gasteiger partial charge in [-0.05, 0) is 143 Å². The van der Waals surface area contributed by atoms with Crippen molar-refractivity contribution in [2.75, 3.05) is 0 Å². The van der Waals surface area contributed by atoms with Gasteiger partial charge >= 0.3 is 5.25 Å². The molecule has 0 saturated heterocycles. The zero-order valence-electron chi connectivity index (χ0n) is 32.0. The Labute approximate surface area is 309 Å². The lowest BCUT2D eigenvalue weighted by Crippen LogP contribution is -2.37. The van der Waals surface area contributed by atoms with Crippen LogP contribution in [0, 0.1) is 41.4 Å². The Hall–Kier alpha value is -2.22. The molecule has 0 heterocycles. The van der Waals surface area contributed by atoms with Crippen LogP contribution in [0.4, 0.5) is 8.78 Å². The van der Waals surface area contributed by atoms with Gasteiger partial charge < -0.3 is 4.55 Å². The summed E-state index contributed by atoms with van der Waals surface area (Å²) in [5.74, 6) is 3.22. The fraction of sp³-hybridized carbons (Fsp3) is 0.591. The van der Waals surface area contributed by atoms with Crippen molar-refractivity contribution >= 4 is 21.0 Å². The molecule has 0 spiro atoms. The van der Waals surface area contributed by atoms with Gasteiger partial charge in [0.05, 0.1) is 10.9 Å². The minimum Gasteiger partial charge on any atom is -0.743 e. The first-order valence-corrected chi connectivity index (χ1v) is 21.6. The first kappa shape index (κ1) is 38.5. The minimum absolute atomic E-state index is 0.120. The van der Waals surface area contributed by atoms with E-state index in [-0.39, 0.29) is 39.0 Å². The molecule has 0 radical (unpaired) electrons. The third-order valence-electron chi connectivity index (χ3n) is 12.6. The molecule has 0 aromatic heterocycles. The number of hydrogen-bond donors (Lipinski definition) is 0. The Morgan fingerprint density at radius 2 is 0.961 bits per heavy atom. The molecule has 7 atom stereocenters. The van der Waals surface area contributed by atoms with E-state index in [2.05, 4.69) is 135 Å². The fourth-order valence-electron chi connectivity index (χ4n) is 10.0. The van der Waals surface area contributed by atoms with Gasteiger partial charge in [0, 0.05) is 6.42 Å². The van der Waals surface area contributed by atoms with Gasteiger partial charge in [-0.1, -0.05) is 98.7 Å². The van der Waals surface area contributed by atoms with Crippen molar-refractivity contribution in [3.05, 3.63) is 89.5 Å². The van der Waals surface area contributed by atoms with Gasteiger partial charge in [0.15, 0.2) is 24.8 Å². The number of alkyl halides is 2. The van der Waals surface area contributed by atoms with Crippen LogP contribution in [0.1, 0.15) is 118 Å². The minimum atomic E-state index is -5.52. The zero-order valence-corrected chi connectivity index (χ0v) is 33.6. The Bertz CT molecular complexity index is 1640. The summed E-state index contributed by atoms with van der Waals surface area (Å²) in [6, 6.07) is 27.8. The zero-order chi connectivity index (χ0) is 37.3. The molecule has 3 aromatic carbocycles. The van der Waals surface area contributed by atoms with E-state index in [0.29, 0.717) is 30.1 Å². The molecule has 278 valence electrons. The molecular weight excluding hydrogens is 679 g/mol. The fourth-order valence-corrected chi connectivity index (χ4v) is 12.5. The largest absolute Gasteiger partial charge is 0.743 e. The van der Waals surface area contributed by atoms with Crippen LogP contribution in [0.3, 0.4) is 0 Å². The van der Waals surface area contributed by atoms with Gasteiger partial charge in [0.1, 0.15) is 0 Å². The van der Waals surface area contributed by atoms with E-state index in [0.717, 1.165) is 12.3 Å². The Morgan fingerprint density at radius 1 is 0.588 bits per heavy atom. The topological polar surface area (TPSA) is 57.2 Å². The Morgan fingerprint density at radius 3 is 1.31 bits per heavy atom. The smallest absolute Gasteiger partial charge is 0.334 e. The van der Waals surface area contributed by atoms with Crippen LogP contribution in [-0.2, 0) is 37.3 Å². The van der Waals surface area contributed by atoms with Crippen molar-refractivity contribution in [3.8, 4) is 0 Å². The predicted molar refractivity (Wildman–Crippen MR) is 204 cm³/mol. The molecule has 4 saturated carbocycles. The van der Waals surface area contributed by atoms with Crippen LogP contribution in [0.15, 0.2) is 87.5 Å². The highest BCUT2D eigenvalue weighted by molar-refractivity contribution is 7.97. The molecule has 7 rings (SSSR count). The molecule has 4 aliphatic carbocycles. The number of hydrogen-bond acceptors (Lipinski definition) is 3. The molecule has 4 aliphatic rings. The van der Waals surface area contributed by atoms with Crippen molar-refractivity contribution in [3.63, 3.8) is 0 Å². The first-order chi connectivity index (χ1) is 23.5. The molecule has 3 nitrogen and oxygen atoms in total. The summed E-state index contributed by atoms with van der Waals surface area (Å²) in [5, 5.41) is -4.09. The molecule has 0 aliphatic heterocycles. The monoisotopic (exact) mass is 736 g/mol. The number of halogens is 2. The van der Waals surface area contributed by atoms with Crippen molar-refractivity contribution < 1.29 is 21.8 Å². The second-order valence-corrected chi connectivity index (χ2v) is 22.6. The lowest BCUT2D eigenvalue weighted by molar-refractivity contribution is 0.0178. The third-order valence-corrected chi connectivity index (χ3v) is 15.7. The molecule has 4 fully saturated rings. The normalized spacial score (nSPS) is 27.4. The van der Waals surface area contributed by atoms with Crippen LogP contribution in [0.25, 0.3) is 0 Å². The molecule has 4 bridgehead atoms. The highest BCUT2D eigenvalue weighted by Gasteiger charge is 2.63. The Balaban J connectivity index is 0.000000191. The second-order valence-electron chi connectivity index (χ2n) is 19.1. The van der Waals surface area contributed by atoms with Crippen molar-refractivity contribution in [1.29, 1.82) is 0 Å². The molecule has 51 heavy (non-hydrogen) atoms. The lowest BCUT2D eigenvalue weighted by Gasteiger charge is -2.39. The quantitative estimate of drug-likeness (QED) is 0.144. The summed E-state index contributed by atoms with van der Waals surface area (Å²) in [4.78, 5) is 4.13. The van der Waals surface area contributed by atoms with Gasteiger partial charge in [-0.15, -0.1) is 0 Å². The maximum Gasteiger partial charge on any atom is 0.334 e. The van der Waals surface area contributed by atoms with Crippen LogP contribution in [0.2, 0.25) is 0 Å². The van der Waals surface area contributed by atoms with Gasteiger partial charge in [-0.3, -0.25) is 0 Å². The summed E-state index contributed by atoms with van der Waals surface area (Å²) in [6.45, 7) is 20.5. The lowest BCUT2D eigenvalue weighted by atomic mass is 9.67. The average Bonchev–Trinajstić information content (AvgIpc) is 3.82. The highest BCUT2D eigenvalue weighted by atomic mass is 32.2. The average molecular weight is 737 g/mol. The van der Waals surface area contributed by atoms with Crippen molar-refractivity contribution in [2.45, 2.75) is 137 Å². The van der Waals surface area contributed by atoms with E-state index < -0.39 is 21.8 Å². The van der Waals surface area contributed by atoms with Crippen LogP contribution in [0.5, 0.6) is 0 Å². The van der Waals surface area contributed by atoms with Crippen LogP contribution >= 0.6 is 0 Å². The molecule has 0 N–H and O–H groups in total. The number of benzene rings is 3. The molecular formula is C44H58F2O3S2. The van der Waals surface area contributed by atoms with Crippen molar-refractivity contribution in [2.24, 2.45) is 41.4 Å². The van der Waals surface area contributed by atoms with E-state index in [4.69, 9.17) is 0 Å². The van der Waals surface area contributed by atoms with Crippen LogP contribution < -0.4 is 0 Å². The highest BCUT2D eigenvalue weighted by Crippen LogP contribution is 2.69. The SMILES string of the molecule is CC(C)(C)c1ccc([S+](c2ccc(C(C)(C)C)cc2)c2ccc(C(C)(C)C)cc2)cc1.O=S(=O)([O-])C(F)(F)CC1CC2CC1C1C3CCC(C3)C21. The summed E-state index contributed by atoms with van der Waals surface area (Å²) in [7, 11) is -5.64. The Kier molecular flexibility index (Phi) is 10.2. The standard InChI is InChI=1S/C30H39S.C14H20F2O3S/c1-28(2,3)22-10-16-25(17-11-22)31(26-18-12-23(13-19-26)29(4,5)6)27-20-14-24(15-21-27)30(7,8)9;15-14(16,20(17,18)19)6-10-4-9-5-11(10)13-8-2-1-7(3-8)12(9)13/h10-21H,1-9H3;7-13H,1-6H2,(H,17,18,19)/q+1;/p-1. The summed E-state index contributed by atoms with van der Waals surface area (Å²) < 4.78 is 59.2. The van der Waals surface area contributed by atoms with E-state index in [9.17, 15) is 21.8 Å². The third kappa shape index (κ3) is 7.87. The van der Waals surface area contributed by atoms with Gasteiger partial charge in [0.2, 0.25) is 0 Å². The summed E-state index contributed by atoms with van der Waals surface area (Å²) in [5.41, 5.74) is 4.64.